The Balaban J connectivity index is 1.74. The van der Waals surface area contributed by atoms with E-state index in [0.717, 1.165) is 36.5 Å². The van der Waals surface area contributed by atoms with Crippen LogP contribution in [0.15, 0.2) is 30.3 Å². The second-order valence-electron chi connectivity index (χ2n) is 5.54. The number of aromatic nitrogens is 2. The molecule has 22 heavy (non-hydrogen) atoms. The highest BCUT2D eigenvalue weighted by atomic mass is 16.5. The molecule has 1 amide bonds. The van der Waals surface area contributed by atoms with Crippen LogP contribution in [-0.4, -0.2) is 47.7 Å². The van der Waals surface area contributed by atoms with Crippen molar-refractivity contribution in [2.75, 3.05) is 26.7 Å². The Labute approximate surface area is 129 Å². The van der Waals surface area contributed by atoms with E-state index in [2.05, 4.69) is 10.2 Å². The van der Waals surface area contributed by atoms with Crippen molar-refractivity contribution in [1.29, 1.82) is 0 Å². The summed E-state index contributed by atoms with van der Waals surface area (Å²) in [5.74, 6) is 1.19. The lowest BCUT2D eigenvalue weighted by Crippen LogP contribution is -2.30. The van der Waals surface area contributed by atoms with Crippen LogP contribution in [0.1, 0.15) is 16.9 Å². The van der Waals surface area contributed by atoms with E-state index >= 15 is 0 Å². The molecule has 1 atom stereocenters. The zero-order chi connectivity index (χ0) is 15.5. The van der Waals surface area contributed by atoms with Crippen LogP contribution >= 0.6 is 0 Å². The molecule has 6 nitrogen and oxygen atoms in total. The van der Waals surface area contributed by atoms with Gasteiger partial charge in [0.25, 0.3) is 5.91 Å². The third-order valence-corrected chi connectivity index (χ3v) is 4.10. The van der Waals surface area contributed by atoms with Crippen LogP contribution in [0.25, 0.3) is 11.3 Å². The minimum absolute atomic E-state index is 0.0109. The maximum atomic E-state index is 12.4. The molecule has 3 N–H and O–H groups in total. The summed E-state index contributed by atoms with van der Waals surface area (Å²) >= 11 is 0. The first kappa shape index (κ1) is 14.6. The number of likely N-dealkylation sites (tertiary alicyclic amines) is 1. The molecule has 3 rings (SSSR count). The predicted octanol–water partition coefficient (Wildman–Crippen LogP) is 1.51. The van der Waals surface area contributed by atoms with Gasteiger partial charge in [0.05, 0.1) is 12.8 Å². The van der Waals surface area contributed by atoms with Gasteiger partial charge >= 0.3 is 0 Å². The molecule has 1 aliphatic heterocycles. The second-order valence-corrected chi connectivity index (χ2v) is 5.54. The van der Waals surface area contributed by atoms with Crippen molar-refractivity contribution < 1.29 is 9.53 Å². The fraction of sp³-hybridized carbons (Fsp3) is 0.375. The molecule has 1 aromatic carbocycles. The first-order valence-corrected chi connectivity index (χ1v) is 7.40. The quantitative estimate of drug-likeness (QED) is 0.896. The van der Waals surface area contributed by atoms with Crippen LogP contribution in [0.2, 0.25) is 0 Å². The number of methoxy groups -OCH3 is 1. The molecule has 0 saturated carbocycles. The van der Waals surface area contributed by atoms with E-state index in [1.807, 2.05) is 29.2 Å². The van der Waals surface area contributed by atoms with Crippen LogP contribution in [-0.2, 0) is 0 Å². The van der Waals surface area contributed by atoms with E-state index in [0.29, 0.717) is 18.2 Å². The number of nitrogens with two attached hydrogens (primary N) is 1. The summed E-state index contributed by atoms with van der Waals surface area (Å²) in [5.41, 5.74) is 7.88. The lowest BCUT2D eigenvalue weighted by Gasteiger charge is -2.14. The van der Waals surface area contributed by atoms with Crippen molar-refractivity contribution in [2.24, 2.45) is 11.7 Å². The Morgan fingerprint density at radius 1 is 1.45 bits per heavy atom. The number of aromatic amines is 1. The number of rotatable bonds is 4. The SMILES string of the molecule is COc1ccc(-c2cc(C(=O)N3CCC(CN)C3)[nH]n2)cc1. The van der Waals surface area contributed by atoms with E-state index in [1.165, 1.54) is 0 Å². The third-order valence-electron chi connectivity index (χ3n) is 4.10. The summed E-state index contributed by atoms with van der Waals surface area (Å²) in [4.78, 5) is 14.3. The summed E-state index contributed by atoms with van der Waals surface area (Å²) in [6.45, 7) is 2.12. The fourth-order valence-corrected chi connectivity index (χ4v) is 2.72. The van der Waals surface area contributed by atoms with E-state index in [-0.39, 0.29) is 5.91 Å². The Hall–Kier alpha value is -2.34. The maximum Gasteiger partial charge on any atom is 0.271 e. The van der Waals surface area contributed by atoms with Gasteiger partial charge in [0.1, 0.15) is 11.4 Å². The Kier molecular flexibility index (Phi) is 4.11. The zero-order valence-corrected chi connectivity index (χ0v) is 12.6. The van der Waals surface area contributed by atoms with Crippen molar-refractivity contribution in [3.8, 4) is 17.0 Å². The average Bonchev–Trinajstić information content (AvgIpc) is 3.23. The van der Waals surface area contributed by atoms with Crippen molar-refractivity contribution in [3.63, 3.8) is 0 Å². The van der Waals surface area contributed by atoms with Gasteiger partial charge in [-0.15, -0.1) is 0 Å². The molecule has 2 heterocycles. The lowest BCUT2D eigenvalue weighted by molar-refractivity contribution is 0.0782. The van der Waals surface area contributed by atoms with Gasteiger partial charge in [-0.3, -0.25) is 9.89 Å². The van der Waals surface area contributed by atoms with E-state index in [4.69, 9.17) is 10.5 Å². The maximum absolute atomic E-state index is 12.4. The molecule has 1 unspecified atom stereocenters. The number of carbonyl (C=O) groups is 1. The molecule has 0 aliphatic carbocycles. The highest BCUT2D eigenvalue weighted by Crippen LogP contribution is 2.23. The molecule has 1 fully saturated rings. The number of carbonyl (C=O) groups excluding carboxylic acids is 1. The number of nitrogens with one attached hydrogen (secondary N) is 1. The van der Waals surface area contributed by atoms with E-state index < -0.39 is 0 Å². The van der Waals surface area contributed by atoms with Gasteiger partial charge in [-0.25, -0.2) is 0 Å². The van der Waals surface area contributed by atoms with Crippen molar-refractivity contribution >= 4 is 5.91 Å². The number of nitrogens with zero attached hydrogens (tertiary/aromatic N) is 2. The summed E-state index contributed by atoms with van der Waals surface area (Å²) in [6.07, 6.45) is 0.974. The molecule has 1 saturated heterocycles. The number of hydrogen-bond acceptors (Lipinski definition) is 4. The van der Waals surface area contributed by atoms with Crippen LogP contribution in [0.4, 0.5) is 0 Å². The molecule has 1 aromatic heterocycles. The minimum atomic E-state index is -0.0109. The summed E-state index contributed by atoms with van der Waals surface area (Å²) in [5, 5.41) is 7.07. The molecule has 116 valence electrons. The minimum Gasteiger partial charge on any atom is -0.497 e. The van der Waals surface area contributed by atoms with Gasteiger partial charge < -0.3 is 15.4 Å². The van der Waals surface area contributed by atoms with Crippen LogP contribution in [0.3, 0.4) is 0 Å². The summed E-state index contributed by atoms with van der Waals surface area (Å²) in [7, 11) is 1.63. The topological polar surface area (TPSA) is 84.2 Å². The van der Waals surface area contributed by atoms with Gasteiger partial charge in [-0.05, 0) is 49.2 Å². The van der Waals surface area contributed by atoms with Gasteiger partial charge in [0, 0.05) is 18.7 Å². The van der Waals surface area contributed by atoms with Gasteiger partial charge in [0.2, 0.25) is 0 Å². The Morgan fingerprint density at radius 2 is 2.23 bits per heavy atom. The van der Waals surface area contributed by atoms with Crippen LogP contribution < -0.4 is 10.5 Å². The molecule has 0 radical (unpaired) electrons. The zero-order valence-electron chi connectivity index (χ0n) is 12.6. The molecule has 0 spiro atoms. The van der Waals surface area contributed by atoms with Gasteiger partial charge in [-0.1, -0.05) is 0 Å². The second kappa shape index (κ2) is 6.19. The van der Waals surface area contributed by atoms with Gasteiger partial charge in [-0.2, -0.15) is 5.10 Å². The molecular weight excluding hydrogens is 280 g/mol. The molecule has 2 aromatic rings. The van der Waals surface area contributed by atoms with Crippen LogP contribution in [0, 0.1) is 5.92 Å². The molecule has 1 aliphatic rings. The number of amides is 1. The highest BCUT2D eigenvalue weighted by Gasteiger charge is 2.27. The number of benzene rings is 1. The summed E-state index contributed by atoms with van der Waals surface area (Å²) < 4.78 is 5.14. The van der Waals surface area contributed by atoms with Crippen LogP contribution in [0.5, 0.6) is 5.75 Å². The Morgan fingerprint density at radius 3 is 2.86 bits per heavy atom. The number of ether oxygens (including phenoxy) is 1. The average molecular weight is 300 g/mol. The smallest absolute Gasteiger partial charge is 0.271 e. The van der Waals surface area contributed by atoms with Gasteiger partial charge in [0.15, 0.2) is 0 Å². The monoisotopic (exact) mass is 300 g/mol. The highest BCUT2D eigenvalue weighted by molar-refractivity contribution is 5.93. The Bertz CT molecular complexity index is 650. The van der Waals surface area contributed by atoms with Crippen molar-refractivity contribution in [2.45, 2.75) is 6.42 Å². The number of hydrogen-bond donors (Lipinski definition) is 2. The first-order chi connectivity index (χ1) is 10.7. The first-order valence-electron chi connectivity index (χ1n) is 7.40. The summed E-state index contributed by atoms with van der Waals surface area (Å²) in [6, 6.07) is 9.38. The lowest BCUT2D eigenvalue weighted by atomic mass is 10.1. The van der Waals surface area contributed by atoms with E-state index in [1.54, 1.807) is 13.2 Å². The molecular formula is C16H20N4O2. The van der Waals surface area contributed by atoms with Crippen molar-refractivity contribution in [3.05, 3.63) is 36.0 Å². The normalized spacial score (nSPS) is 17.7. The van der Waals surface area contributed by atoms with Crippen molar-refractivity contribution in [1.82, 2.24) is 15.1 Å². The molecule has 6 heteroatoms. The van der Waals surface area contributed by atoms with E-state index in [9.17, 15) is 4.79 Å². The fourth-order valence-electron chi connectivity index (χ4n) is 2.72. The predicted molar refractivity (Wildman–Crippen MR) is 83.6 cm³/mol. The third kappa shape index (κ3) is 2.82. The standard InChI is InChI=1S/C16H20N4O2/c1-22-13-4-2-12(3-5-13)14-8-15(19-18-14)16(21)20-7-6-11(9-17)10-20/h2-5,8,11H,6-7,9-10,17H2,1H3,(H,18,19). The number of H-pyrrole nitrogens is 1. The molecule has 0 bridgehead atoms. The largest absolute Gasteiger partial charge is 0.497 e.